The number of anilines is 1. The van der Waals surface area contributed by atoms with E-state index in [9.17, 15) is 9.59 Å². The molecule has 0 fully saturated rings. The number of ether oxygens (including phenoxy) is 2. The molecule has 2 N–H and O–H groups in total. The second-order valence-electron chi connectivity index (χ2n) is 11.3. The molecule has 2 amide bonds. The van der Waals surface area contributed by atoms with Crippen LogP contribution >= 0.6 is 22.7 Å². The average Bonchev–Trinajstić information content (AvgIpc) is 3.56. The third-order valence-corrected chi connectivity index (χ3v) is 9.13. The zero-order valence-electron chi connectivity index (χ0n) is 26.7. The van der Waals surface area contributed by atoms with Crippen molar-refractivity contribution in [2.45, 2.75) is 72.6 Å². The van der Waals surface area contributed by atoms with E-state index in [1.54, 1.807) is 35.7 Å². The molecular weight excluding hydrogens is 595 g/mol. The van der Waals surface area contributed by atoms with Gasteiger partial charge in [-0.05, 0) is 75.1 Å². The van der Waals surface area contributed by atoms with E-state index in [1.165, 1.54) is 11.3 Å². The van der Waals surface area contributed by atoms with Crippen molar-refractivity contribution in [2.24, 2.45) is 0 Å². The average molecular weight is 638 g/mol. The highest BCUT2D eigenvalue weighted by molar-refractivity contribution is 7.23. The summed E-state index contributed by atoms with van der Waals surface area (Å²) in [6.07, 6.45) is 4.22. The maximum atomic E-state index is 13.0. The molecular formula is C33H43N5O4S2. The number of thiazole rings is 1. The van der Waals surface area contributed by atoms with Crippen LogP contribution in [0, 0.1) is 0 Å². The maximum Gasteiger partial charge on any atom is 0.410 e. The van der Waals surface area contributed by atoms with Gasteiger partial charge in [0.05, 0.1) is 23.4 Å². The standard InChI is InChI=1S/C31H37N5O4S2.C2H6/c1-19-16-22-25(18-36(19)30(38)40-31(2,3)4)42-29(35-26(37)10-13-33-14-15-39-5)27(22)28-34-23-17-21(6-7-24(23)41-28)20-8-11-32-12-9-20;1-2/h6-9,11-12,17,19,33H,10,13-16,18H2,1-5H3,(H,35,37);1-2H3. The minimum absolute atomic E-state index is 0.0677. The van der Waals surface area contributed by atoms with Gasteiger partial charge in [-0.25, -0.2) is 9.78 Å². The fraction of sp³-hybridized carbons (Fsp3) is 0.455. The summed E-state index contributed by atoms with van der Waals surface area (Å²) in [4.78, 5) is 38.1. The van der Waals surface area contributed by atoms with E-state index in [0.717, 1.165) is 47.4 Å². The number of carbonyl (C=O) groups is 2. The van der Waals surface area contributed by atoms with Crippen LogP contribution in [0.25, 0.3) is 31.9 Å². The van der Waals surface area contributed by atoms with E-state index in [0.29, 0.717) is 39.1 Å². The zero-order chi connectivity index (χ0) is 31.9. The van der Waals surface area contributed by atoms with E-state index < -0.39 is 5.60 Å². The number of benzene rings is 1. The number of hydrogen-bond donors (Lipinski definition) is 2. The van der Waals surface area contributed by atoms with Gasteiger partial charge in [0.15, 0.2) is 0 Å². The van der Waals surface area contributed by atoms with Crippen LogP contribution in [-0.4, -0.2) is 65.3 Å². The van der Waals surface area contributed by atoms with Crippen molar-refractivity contribution in [1.82, 2.24) is 20.2 Å². The molecule has 1 unspecified atom stereocenters. The largest absolute Gasteiger partial charge is 0.444 e. The van der Waals surface area contributed by atoms with Gasteiger partial charge in [0, 0.05) is 55.5 Å². The minimum Gasteiger partial charge on any atom is -0.444 e. The van der Waals surface area contributed by atoms with Gasteiger partial charge in [-0.3, -0.25) is 9.78 Å². The molecule has 0 saturated carbocycles. The van der Waals surface area contributed by atoms with Gasteiger partial charge in [0.25, 0.3) is 0 Å². The number of rotatable bonds is 9. The first-order valence-corrected chi connectivity index (χ1v) is 16.7. The number of pyridine rings is 1. The summed E-state index contributed by atoms with van der Waals surface area (Å²) in [5.74, 6) is -0.0714. The van der Waals surface area contributed by atoms with E-state index in [2.05, 4.69) is 33.8 Å². The zero-order valence-corrected chi connectivity index (χ0v) is 28.3. The molecule has 0 aliphatic carbocycles. The molecule has 9 nitrogen and oxygen atoms in total. The predicted molar refractivity (Wildman–Crippen MR) is 180 cm³/mol. The Bertz CT molecular complexity index is 1560. The molecule has 0 saturated heterocycles. The van der Waals surface area contributed by atoms with Gasteiger partial charge >= 0.3 is 6.09 Å². The van der Waals surface area contributed by atoms with Crippen LogP contribution in [0.1, 0.15) is 58.4 Å². The van der Waals surface area contributed by atoms with Gasteiger partial charge < -0.3 is 25.0 Å². The summed E-state index contributed by atoms with van der Waals surface area (Å²) in [7, 11) is 1.65. The molecule has 44 heavy (non-hydrogen) atoms. The molecule has 0 radical (unpaired) electrons. The van der Waals surface area contributed by atoms with E-state index in [1.807, 2.05) is 53.7 Å². The molecule has 0 bridgehead atoms. The second-order valence-corrected chi connectivity index (χ2v) is 13.5. The second kappa shape index (κ2) is 15.1. The van der Waals surface area contributed by atoms with E-state index in [4.69, 9.17) is 14.5 Å². The topological polar surface area (TPSA) is 106 Å². The Labute approximate surface area is 268 Å². The lowest BCUT2D eigenvalue weighted by Crippen LogP contribution is -2.44. The summed E-state index contributed by atoms with van der Waals surface area (Å²) >= 11 is 3.14. The van der Waals surface area contributed by atoms with Gasteiger partial charge in [-0.1, -0.05) is 19.9 Å². The van der Waals surface area contributed by atoms with Crippen LogP contribution in [0.15, 0.2) is 42.7 Å². The molecule has 5 rings (SSSR count). The number of methoxy groups -OCH3 is 1. The van der Waals surface area contributed by atoms with E-state index >= 15 is 0 Å². The van der Waals surface area contributed by atoms with Crippen LogP contribution in [-0.2, 0) is 27.2 Å². The van der Waals surface area contributed by atoms with E-state index in [-0.39, 0.29) is 18.0 Å². The highest BCUT2D eigenvalue weighted by Gasteiger charge is 2.35. The fourth-order valence-corrected chi connectivity index (χ4v) is 7.23. The smallest absolute Gasteiger partial charge is 0.410 e. The first kappa shape index (κ1) is 33.5. The van der Waals surface area contributed by atoms with Crippen molar-refractivity contribution < 1.29 is 19.1 Å². The van der Waals surface area contributed by atoms with Crippen molar-refractivity contribution in [1.29, 1.82) is 0 Å². The van der Waals surface area contributed by atoms with Crippen LogP contribution < -0.4 is 10.6 Å². The quantitative estimate of drug-likeness (QED) is 0.185. The number of amides is 2. The number of nitrogens with one attached hydrogen (secondary N) is 2. The van der Waals surface area contributed by atoms with Crippen LogP contribution in [0.3, 0.4) is 0 Å². The van der Waals surface area contributed by atoms with Gasteiger partial charge in [0.1, 0.15) is 15.6 Å². The van der Waals surface area contributed by atoms with Crippen molar-refractivity contribution in [3.8, 4) is 21.7 Å². The Morgan fingerprint density at radius 3 is 2.52 bits per heavy atom. The first-order chi connectivity index (χ1) is 21.1. The molecule has 236 valence electrons. The Balaban J connectivity index is 0.00000216. The SMILES string of the molecule is CC.COCCNCCC(=O)Nc1sc2c(c1-c1nc3cc(-c4ccncc4)ccc3s1)CC(C)N(C(=O)OC(C)(C)C)C2. The molecule has 11 heteroatoms. The molecule has 3 aromatic heterocycles. The Morgan fingerprint density at radius 1 is 1.07 bits per heavy atom. The van der Waals surface area contributed by atoms with Crippen LogP contribution in [0.5, 0.6) is 0 Å². The number of hydrogen-bond acceptors (Lipinski definition) is 9. The Morgan fingerprint density at radius 2 is 1.82 bits per heavy atom. The summed E-state index contributed by atoms with van der Waals surface area (Å²) < 4.78 is 11.8. The van der Waals surface area contributed by atoms with Crippen molar-refractivity contribution >= 4 is 49.9 Å². The van der Waals surface area contributed by atoms with Crippen molar-refractivity contribution in [3.05, 3.63) is 53.2 Å². The lowest BCUT2D eigenvalue weighted by molar-refractivity contribution is -0.116. The maximum absolute atomic E-state index is 13.0. The van der Waals surface area contributed by atoms with Gasteiger partial charge in [0.2, 0.25) is 5.91 Å². The summed E-state index contributed by atoms with van der Waals surface area (Å²) in [6, 6.07) is 10.2. The number of thiophene rings is 1. The van der Waals surface area contributed by atoms with Crippen molar-refractivity contribution in [3.63, 3.8) is 0 Å². The summed E-state index contributed by atoms with van der Waals surface area (Å²) in [6.45, 7) is 13.9. The first-order valence-electron chi connectivity index (χ1n) is 15.1. The summed E-state index contributed by atoms with van der Waals surface area (Å²) in [5, 5.41) is 8.03. The van der Waals surface area contributed by atoms with Gasteiger partial charge in [-0.2, -0.15) is 0 Å². The molecule has 1 aliphatic rings. The normalized spacial score (nSPS) is 14.5. The highest BCUT2D eigenvalue weighted by Crippen LogP contribution is 2.47. The lowest BCUT2D eigenvalue weighted by atomic mass is 9.97. The van der Waals surface area contributed by atoms with Crippen LogP contribution in [0.2, 0.25) is 0 Å². The number of aromatic nitrogens is 2. The predicted octanol–water partition coefficient (Wildman–Crippen LogP) is 7.36. The summed E-state index contributed by atoms with van der Waals surface area (Å²) in [5.41, 5.74) is 4.57. The van der Waals surface area contributed by atoms with Gasteiger partial charge in [-0.15, -0.1) is 22.7 Å². The van der Waals surface area contributed by atoms with Crippen molar-refractivity contribution in [2.75, 3.05) is 32.1 Å². The Hall–Kier alpha value is -3.38. The Kier molecular flexibility index (Phi) is 11.5. The number of fused-ring (bicyclic) bond motifs is 2. The molecule has 1 aliphatic heterocycles. The monoisotopic (exact) mass is 637 g/mol. The third kappa shape index (κ3) is 8.20. The molecule has 4 aromatic rings. The minimum atomic E-state index is -0.579. The number of nitrogens with zero attached hydrogens (tertiary/aromatic N) is 3. The lowest BCUT2D eigenvalue weighted by Gasteiger charge is -2.35. The fourth-order valence-electron chi connectivity index (χ4n) is 4.90. The number of carbonyl (C=O) groups excluding carboxylic acids is 2. The molecule has 1 atom stereocenters. The molecule has 0 spiro atoms. The molecule has 1 aromatic carbocycles. The molecule has 4 heterocycles. The third-order valence-electron chi connectivity index (χ3n) is 6.94. The van der Waals surface area contributed by atoms with Crippen LogP contribution in [0.4, 0.5) is 9.80 Å². The highest BCUT2D eigenvalue weighted by atomic mass is 32.1.